The lowest BCUT2D eigenvalue weighted by atomic mass is 10.0. The van der Waals surface area contributed by atoms with Gasteiger partial charge in [-0.15, -0.1) is 34.4 Å². The van der Waals surface area contributed by atoms with Gasteiger partial charge in [-0.05, 0) is 5.57 Å². The third-order valence-electron chi connectivity index (χ3n) is 5.58. The second-order valence-corrected chi connectivity index (χ2v) is 11.4. The van der Waals surface area contributed by atoms with Gasteiger partial charge in [0.1, 0.15) is 28.5 Å². The first-order valence-corrected chi connectivity index (χ1v) is 14.9. The number of anilines is 2. The van der Waals surface area contributed by atoms with Gasteiger partial charge < -0.3 is 36.0 Å². The van der Waals surface area contributed by atoms with Crippen molar-refractivity contribution in [2.75, 3.05) is 30.0 Å². The van der Waals surface area contributed by atoms with Crippen LogP contribution in [0.25, 0.3) is 0 Å². The number of amides is 3. The number of hydrogen-bond acceptors (Lipinski definition) is 16. The molecule has 2 aromatic rings. The van der Waals surface area contributed by atoms with Crippen LogP contribution < -0.4 is 16.4 Å². The first-order valence-electron chi connectivity index (χ1n) is 12.1. The minimum atomic E-state index is -1.40. The average molecular weight is 681 g/mol. The molecule has 0 aromatic carbocycles. The van der Waals surface area contributed by atoms with Crippen LogP contribution in [-0.2, 0) is 38.4 Å². The number of thiazole rings is 2. The Morgan fingerprint density at radius 2 is 1.62 bits per heavy atom. The molecule has 0 unspecified atom stereocenters. The summed E-state index contributed by atoms with van der Waals surface area (Å²) in [6, 6.07) is -1.17. The zero-order valence-corrected chi connectivity index (χ0v) is 24.8. The van der Waals surface area contributed by atoms with Crippen molar-refractivity contribution in [3.8, 4) is 0 Å². The van der Waals surface area contributed by atoms with Gasteiger partial charge in [0, 0.05) is 16.5 Å². The number of oxime groups is 2. The molecule has 22 heteroatoms. The molecule has 2 aliphatic heterocycles. The number of nitrogens with two attached hydrogens (primary N) is 1. The molecule has 45 heavy (non-hydrogen) atoms. The van der Waals surface area contributed by atoms with E-state index in [0.29, 0.717) is 5.57 Å². The maximum atomic E-state index is 13.3. The molecule has 1 saturated heterocycles. The van der Waals surface area contributed by atoms with Crippen molar-refractivity contribution in [1.29, 1.82) is 0 Å². The smallest absolute Gasteiger partial charge is 0.352 e. The number of thioether (sulfide) groups is 1. The summed E-state index contributed by atoms with van der Waals surface area (Å²) in [5.41, 5.74) is 4.47. The number of nitrogen functional groups attached to an aromatic ring is 1. The molecule has 7 N–H and O–H groups in total. The normalized spacial score (nSPS) is 18.0. The van der Waals surface area contributed by atoms with Crippen LogP contribution in [0.15, 0.2) is 45.0 Å². The lowest BCUT2D eigenvalue weighted by Crippen LogP contribution is -2.71. The quantitative estimate of drug-likeness (QED) is 0.0821. The van der Waals surface area contributed by atoms with Crippen molar-refractivity contribution in [3.05, 3.63) is 46.1 Å². The van der Waals surface area contributed by atoms with Crippen molar-refractivity contribution in [1.82, 2.24) is 20.2 Å². The van der Waals surface area contributed by atoms with E-state index < -0.39 is 71.7 Å². The molecule has 1 fully saturated rings. The van der Waals surface area contributed by atoms with Crippen molar-refractivity contribution >= 4 is 91.8 Å². The summed E-state index contributed by atoms with van der Waals surface area (Å²) in [5, 5.41) is 41.1. The molecule has 0 bridgehead atoms. The number of hydrogen-bond donors (Lipinski definition) is 6. The largest absolute Gasteiger partial charge is 0.479 e. The van der Waals surface area contributed by atoms with Crippen LogP contribution in [-0.4, -0.2) is 108 Å². The SMILES string of the molecule is C=CC1=C(C(=O)O)N2C(=O)[C@@H](NC(=O)/C(=N\OCC(=O)O)c3csc(NC(=O)C(=NOCC(=O)O)c4csc(N)n4)n3)[C@H]2SC1. The highest BCUT2D eigenvalue weighted by atomic mass is 32.2. The maximum absolute atomic E-state index is 13.3. The lowest BCUT2D eigenvalue weighted by molar-refractivity contribution is -0.150. The second-order valence-electron chi connectivity index (χ2n) is 8.52. The highest BCUT2D eigenvalue weighted by Crippen LogP contribution is 2.40. The topological polar surface area (TPSA) is 285 Å². The third-order valence-corrected chi connectivity index (χ3v) is 8.32. The predicted molar refractivity (Wildman–Crippen MR) is 157 cm³/mol. The molecule has 4 rings (SSSR count). The maximum Gasteiger partial charge on any atom is 0.352 e. The molecular weight excluding hydrogens is 660 g/mol. The van der Waals surface area contributed by atoms with E-state index in [4.69, 9.17) is 20.8 Å². The van der Waals surface area contributed by atoms with Gasteiger partial charge in [-0.25, -0.2) is 24.4 Å². The van der Waals surface area contributed by atoms with Gasteiger partial charge in [0.05, 0.1) is 0 Å². The van der Waals surface area contributed by atoms with E-state index in [1.54, 1.807) is 0 Å². The van der Waals surface area contributed by atoms with Crippen LogP contribution in [0.2, 0.25) is 0 Å². The number of fused-ring (bicyclic) bond motifs is 1. The predicted octanol–water partition coefficient (Wildman–Crippen LogP) is -0.644. The van der Waals surface area contributed by atoms with Crippen LogP contribution >= 0.6 is 34.4 Å². The molecule has 3 amide bonds. The number of carbonyl (C=O) groups excluding carboxylic acids is 3. The summed E-state index contributed by atoms with van der Waals surface area (Å²) in [7, 11) is 0. The highest BCUT2D eigenvalue weighted by Gasteiger charge is 2.54. The van der Waals surface area contributed by atoms with Gasteiger partial charge >= 0.3 is 17.9 Å². The molecule has 2 aromatic heterocycles. The number of β-lactam (4-membered cyclic amide) rings is 1. The third kappa shape index (κ3) is 7.42. The van der Waals surface area contributed by atoms with Crippen LogP contribution in [0.1, 0.15) is 11.4 Å². The number of allylic oxidation sites excluding steroid dienone is 1. The van der Waals surface area contributed by atoms with Gasteiger partial charge in [0.2, 0.25) is 13.2 Å². The standard InChI is InChI=1S/C23H20N8O11S3/c1-2-8-5-43-20-15(19(38)31(20)16(8)21(39)40)27-17(36)14(30-42-4-12(34)35)10-7-45-23(26-10)28-18(37)13(29-41-3-11(32)33)9-6-44-22(24)25-9/h2,6-7,15,20H,1,3-5H2,(H2,24,25)(H,27,36)(H,32,33)(H,34,35)(H,39,40)(H,26,28,37)/b29-13?,30-14-/t15-,20-/m1/s1. The number of aromatic nitrogens is 2. The van der Waals surface area contributed by atoms with E-state index in [2.05, 4.69) is 42.3 Å². The Balaban J connectivity index is 1.53. The fourth-order valence-corrected chi connectivity index (χ4v) is 6.29. The lowest BCUT2D eigenvalue weighted by Gasteiger charge is -2.49. The Labute approximate surface area is 263 Å². The zero-order chi connectivity index (χ0) is 32.8. The summed E-state index contributed by atoms with van der Waals surface area (Å²) in [4.78, 5) is 91.1. The summed E-state index contributed by atoms with van der Waals surface area (Å²) < 4.78 is 0. The Morgan fingerprint density at radius 1 is 1.02 bits per heavy atom. The highest BCUT2D eigenvalue weighted by molar-refractivity contribution is 8.00. The first-order chi connectivity index (χ1) is 21.4. The molecule has 0 radical (unpaired) electrons. The van der Waals surface area contributed by atoms with Gasteiger partial charge in [-0.1, -0.05) is 23.0 Å². The van der Waals surface area contributed by atoms with Gasteiger partial charge in [-0.2, -0.15) is 0 Å². The van der Waals surface area contributed by atoms with Crippen molar-refractivity contribution in [2.24, 2.45) is 10.3 Å². The molecule has 236 valence electrons. The van der Waals surface area contributed by atoms with Crippen LogP contribution in [0.5, 0.6) is 0 Å². The number of carbonyl (C=O) groups is 6. The average Bonchev–Trinajstić information content (AvgIpc) is 3.63. The van der Waals surface area contributed by atoms with E-state index in [0.717, 1.165) is 27.6 Å². The zero-order valence-electron chi connectivity index (χ0n) is 22.4. The molecule has 0 spiro atoms. The number of rotatable bonds is 14. The molecule has 0 aliphatic carbocycles. The molecular formula is C23H20N8O11S3. The number of carboxylic acid groups (broad SMARTS) is 3. The van der Waals surface area contributed by atoms with E-state index in [-0.39, 0.29) is 33.1 Å². The van der Waals surface area contributed by atoms with Crippen molar-refractivity contribution in [3.63, 3.8) is 0 Å². The van der Waals surface area contributed by atoms with E-state index in [9.17, 15) is 33.9 Å². The Kier molecular flexibility index (Phi) is 10.1. The Hall–Kier alpha value is -5.35. The van der Waals surface area contributed by atoms with Crippen LogP contribution in [0.3, 0.4) is 0 Å². The van der Waals surface area contributed by atoms with E-state index >= 15 is 0 Å². The fraction of sp³-hybridized carbons (Fsp3) is 0.217. The summed E-state index contributed by atoms with van der Waals surface area (Å²) in [6.45, 7) is 1.79. The first kappa shape index (κ1) is 32.6. The monoisotopic (exact) mass is 680 g/mol. The number of carboxylic acids is 3. The molecule has 19 nitrogen and oxygen atoms in total. The minimum absolute atomic E-state index is 0.0261. The summed E-state index contributed by atoms with van der Waals surface area (Å²) >= 11 is 2.98. The van der Waals surface area contributed by atoms with Crippen LogP contribution in [0.4, 0.5) is 10.3 Å². The molecule has 4 heterocycles. The molecule has 2 atom stereocenters. The number of nitrogens with zero attached hydrogens (tertiary/aromatic N) is 5. The van der Waals surface area contributed by atoms with Gasteiger partial charge in [-0.3, -0.25) is 24.6 Å². The Morgan fingerprint density at radius 3 is 2.18 bits per heavy atom. The van der Waals surface area contributed by atoms with Gasteiger partial charge in [0.25, 0.3) is 17.7 Å². The fourth-order valence-electron chi connectivity index (χ4n) is 3.71. The van der Waals surface area contributed by atoms with Gasteiger partial charge in [0.15, 0.2) is 21.7 Å². The Bertz CT molecular complexity index is 1680. The number of nitrogens with one attached hydrogen (secondary N) is 2. The minimum Gasteiger partial charge on any atom is -0.479 e. The van der Waals surface area contributed by atoms with E-state index in [1.165, 1.54) is 28.6 Å². The van der Waals surface area contributed by atoms with Crippen molar-refractivity contribution in [2.45, 2.75) is 11.4 Å². The molecule has 2 aliphatic rings. The van der Waals surface area contributed by atoms with Crippen LogP contribution in [0, 0.1) is 0 Å². The van der Waals surface area contributed by atoms with E-state index in [1.807, 2.05) is 0 Å². The summed E-state index contributed by atoms with van der Waals surface area (Å²) in [6.07, 6.45) is 1.33. The second kappa shape index (κ2) is 14.0. The number of aliphatic carboxylic acids is 3. The van der Waals surface area contributed by atoms with Crippen molar-refractivity contribution < 1.29 is 53.8 Å². The summed E-state index contributed by atoms with van der Waals surface area (Å²) in [5.74, 6) is -6.55. The molecule has 0 saturated carbocycles.